The van der Waals surface area contributed by atoms with E-state index in [1.807, 2.05) is 13.0 Å². The van der Waals surface area contributed by atoms with Crippen LogP contribution in [0, 0.1) is 19.8 Å². The minimum absolute atomic E-state index is 0.119. The van der Waals surface area contributed by atoms with Crippen molar-refractivity contribution in [3.05, 3.63) is 40.9 Å². The van der Waals surface area contributed by atoms with E-state index in [-0.39, 0.29) is 5.91 Å². The number of hydrogen-bond acceptors (Lipinski definition) is 4. The van der Waals surface area contributed by atoms with Crippen molar-refractivity contribution in [1.29, 1.82) is 0 Å². The van der Waals surface area contributed by atoms with Crippen LogP contribution in [-0.4, -0.2) is 40.4 Å². The minimum atomic E-state index is -0.119. The number of hydrogen-bond donors (Lipinski definition) is 2. The molecule has 0 aliphatic carbocycles. The number of aryl methyl sites for hydroxylation is 3. The lowest BCUT2D eigenvalue weighted by molar-refractivity contribution is 0.0918. The zero-order chi connectivity index (χ0) is 17.1. The van der Waals surface area contributed by atoms with Gasteiger partial charge in [0.1, 0.15) is 5.82 Å². The van der Waals surface area contributed by atoms with Crippen LogP contribution in [0.5, 0.6) is 0 Å². The third-order valence-corrected chi connectivity index (χ3v) is 4.73. The summed E-state index contributed by atoms with van der Waals surface area (Å²) in [6.45, 7) is 9.68. The predicted molar refractivity (Wildman–Crippen MR) is 91.9 cm³/mol. The van der Waals surface area contributed by atoms with Crippen LogP contribution < -0.4 is 5.32 Å². The first-order chi connectivity index (χ1) is 11.6. The van der Waals surface area contributed by atoms with Gasteiger partial charge in [0.15, 0.2) is 5.76 Å². The second-order valence-electron chi connectivity index (χ2n) is 6.64. The highest BCUT2D eigenvalue weighted by molar-refractivity contribution is 5.92. The van der Waals surface area contributed by atoms with Crippen molar-refractivity contribution < 1.29 is 9.21 Å². The third kappa shape index (κ3) is 3.70. The fraction of sp³-hybridized carbons (Fsp3) is 0.556. The van der Waals surface area contributed by atoms with Crippen molar-refractivity contribution in [1.82, 2.24) is 20.2 Å². The van der Waals surface area contributed by atoms with Crippen LogP contribution in [0.25, 0.3) is 0 Å². The average Bonchev–Trinajstić information content (AvgIpc) is 3.27. The quantitative estimate of drug-likeness (QED) is 0.853. The maximum absolute atomic E-state index is 12.1. The molecule has 2 aromatic rings. The van der Waals surface area contributed by atoms with Gasteiger partial charge in [-0.15, -0.1) is 0 Å². The SMILES string of the molecule is CCc1nc(CN2CC[C@@H](CNC(=O)c3occc3C)C2)c(C)[nH]1. The van der Waals surface area contributed by atoms with Crippen LogP contribution in [0.3, 0.4) is 0 Å². The van der Waals surface area contributed by atoms with Crippen molar-refractivity contribution in [2.75, 3.05) is 19.6 Å². The van der Waals surface area contributed by atoms with Crippen LogP contribution in [0.1, 0.15) is 46.7 Å². The molecule has 130 valence electrons. The van der Waals surface area contributed by atoms with Crippen LogP contribution >= 0.6 is 0 Å². The van der Waals surface area contributed by atoms with E-state index in [1.165, 1.54) is 0 Å². The Kier molecular flexibility index (Phi) is 5.04. The molecule has 24 heavy (non-hydrogen) atoms. The van der Waals surface area contributed by atoms with Crippen LogP contribution in [0.2, 0.25) is 0 Å². The Balaban J connectivity index is 1.48. The lowest BCUT2D eigenvalue weighted by Gasteiger charge is -2.15. The van der Waals surface area contributed by atoms with Gasteiger partial charge in [0, 0.05) is 37.3 Å². The standard InChI is InChI=1S/C18H26N4O2/c1-4-16-20-13(3)15(21-16)11-22-7-5-14(10-22)9-19-18(23)17-12(2)6-8-24-17/h6,8,14H,4-5,7,9-11H2,1-3H3,(H,19,23)(H,20,21)/t14-/m0/s1. The fourth-order valence-corrected chi connectivity index (χ4v) is 3.24. The summed E-state index contributed by atoms with van der Waals surface area (Å²) in [6, 6.07) is 1.81. The van der Waals surface area contributed by atoms with E-state index in [0.29, 0.717) is 18.2 Å². The van der Waals surface area contributed by atoms with E-state index in [0.717, 1.165) is 55.3 Å². The van der Waals surface area contributed by atoms with Gasteiger partial charge in [0.2, 0.25) is 0 Å². The van der Waals surface area contributed by atoms with Crippen molar-refractivity contribution in [3.8, 4) is 0 Å². The van der Waals surface area contributed by atoms with Gasteiger partial charge in [-0.1, -0.05) is 6.92 Å². The maximum Gasteiger partial charge on any atom is 0.287 e. The van der Waals surface area contributed by atoms with Crippen LogP contribution in [-0.2, 0) is 13.0 Å². The summed E-state index contributed by atoms with van der Waals surface area (Å²) in [5.41, 5.74) is 3.18. The Bertz CT molecular complexity index is 704. The minimum Gasteiger partial charge on any atom is -0.459 e. The molecule has 3 heterocycles. The molecule has 0 unspecified atom stereocenters. The van der Waals surface area contributed by atoms with Crippen LogP contribution in [0.4, 0.5) is 0 Å². The van der Waals surface area contributed by atoms with Crippen molar-refractivity contribution in [3.63, 3.8) is 0 Å². The summed E-state index contributed by atoms with van der Waals surface area (Å²) in [4.78, 5) is 22.5. The predicted octanol–water partition coefficient (Wildman–Crippen LogP) is 2.43. The van der Waals surface area contributed by atoms with Crippen LogP contribution in [0.15, 0.2) is 16.7 Å². The normalized spacial score (nSPS) is 18.2. The smallest absolute Gasteiger partial charge is 0.287 e. The largest absolute Gasteiger partial charge is 0.459 e. The number of H-pyrrole nitrogens is 1. The topological polar surface area (TPSA) is 74.2 Å². The molecule has 1 aliphatic heterocycles. The zero-order valence-corrected chi connectivity index (χ0v) is 14.7. The molecular weight excluding hydrogens is 304 g/mol. The molecule has 1 aliphatic rings. The molecule has 0 spiro atoms. The summed E-state index contributed by atoms with van der Waals surface area (Å²) in [5.74, 6) is 1.84. The van der Waals surface area contributed by atoms with E-state index in [1.54, 1.807) is 6.26 Å². The van der Waals surface area contributed by atoms with Gasteiger partial charge in [-0.2, -0.15) is 0 Å². The Hall–Kier alpha value is -2.08. The fourth-order valence-electron chi connectivity index (χ4n) is 3.24. The third-order valence-electron chi connectivity index (χ3n) is 4.73. The molecule has 6 heteroatoms. The number of rotatable bonds is 6. The molecule has 0 saturated carbocycles. The molecule has 3 rings (SSSR count). The van der Waals surface area contributed by atoms with Gasteiger partial charge in [0.05, 0.1) is 12.0 Å². The zero-order valence-electron chi connectivity index (χ0n) is 14.7. The maximum atomic E-state index is 12.1. The molecule has 6 nitrogen and oxygen atoms in total. The average molecular weight is 330 g/mol. The Morgan fingerprint density at radius 2 is 2.33 bits per heavy atom. The number of furan rings is 1. The lowest BCUT2D eigenvalue weighted by Crippen LogP contribution is -2.31. The van der Waals surface area contributed by atoms with E-state index in [9.17, 15) is 4.79 Å². The number of imidazole rings is 1. The molecule has 0 radical (unpaired) electrons. The second-order valence-corrected chi connectivity index (χ2v) is 6.64. The van der Waals surface area contributed by atoms with E-state index >= 15 is 0 Å². The number of nitrogens with zero attached hydrogens (tertiary/aromatic N) is 2. The second kappa shape index (κ2) is 7.21. The number of nitrogens with one attached hydrogen (secondary N) is 2. The molecule has 0 aromatic carbocycles. The molecule has 1 atom stereocenters. The summed E-state index contributed by atoms with van der Waals surface area (Å²) in [7, 11) is 0. The number of carbonyl (C=O) groups excluding carboxylic acids is 1. The summed E-state index contributed by atoms with van der Waals surface area (Å²) in [6.07, 6.45) is 3.58. The van der Waals surface area contributed by atoms with Gasteiger partial charge in [-0.05, 0) is 38.8 Å². The molecule has 1 amide bonds. The van der Waals surface area contributed by atoms with Gasteiger partial charge in [-0.25, -0.2) is 4.98 Å². The Labute approximate surface area is 142 Å². The highest BCUT2D eigenvalue weighted by Gasteiger charge is 2.24. The highest BCUT2D eigenvalue weighted by Crippen LogP contribution is 2.19. The monoisotopic (exact) mass is 330 g/mol. The lowest BCUT2D eigenvalue weighted by atomic mass is 10.1. The first-order valence-corrected chi connectivity index (χ1v) is 8.65. The number of aromatic amines is 1. The van der Waals surface area contributed by atoms with Gasteiger partial charge in [-0.3, -0.25) is 9.69 Å². The molecule has 0 bridgehead atoms. The first kappa shape index (κ1) is 16.8. The molecule has 1 fully saturated rings. The van der Waals surface area contributed by atoms with E-state index in [4.69, 9.17) is 4.42 Å². The Morgan fingerprint density at radius 1 is 1.50 bits per heavy atom. The van der Waals surface area contributed by atoms with Gasteiger partial charge in [0.25, 0.3) is 5.91 Å². The van der Waals surface area contributed by atoms with Crippen molar-refractivity contribution >= 4 is 5.91 Å². The summed E-state index contributed by atoms with van der Waals surface area (Å²) < 4.78 is 5.23. The summed E-state index contributed by atoms with van der Waals surface area (Å²) >= 11 is 0. The molecule has 2 aromatic heterocycles. The molecule has 2 N–H and O–H groups in total. The number of carbonyl (C=O) groups is 1. The molecular formula is C18H26N4O2. The van der Waals surface area contributed by atoms with E-state index in [2.05, 4.69) is 34.0 Å². The number of amides is 1. The first-order valence-electron chi connectivity index (χ1n) is 8.65. The van der Waals surface area contributed by atoms with Crippen molar-refractivity contribution in [2.24, 2.45) is 5.92 Å². The Morgan fingerprint density at radius 3 is 3.00 bits per heavy atom. The van der Waals surface area contributed by atoms with Gasteiger partial charge >= 0.3 is 0 Å². The van der Waals surface area contributed by atoms with Crippen molar-refractivity contribution in [2.45, 2.75) is 40.2 Å². The van der Waals surface area contributed by atoms with E-state index < -0.39 is 0 Å². The highest BCUT2D eigenvalue weighted by atomic mass is 16.3. The number of likely N-dealkylation sites (tertiary alicyclic amines) is 1. The summed E-state index contributed by atoms with van der Waals surface area (Å²) in [5, 5.41) is 3.00. The van der Waals surface area contributed by atoms with Gasteiger partial charge < -0.3 is 14.7 Å². The molecule has 1 saturated heterocycles. The number of aromatic nitrogens is 2.